The van der Waals surface area contributed by atoms with Crippen LogP contribution in [0, 0.1) is 11.3 Å². The molecule has 112 valence electrons. The second kappa shape index (κ2) is 6.16. The van der Waals surface area contributed by atoms with E-state index < -0.39 is 5.97 Å². The van der Waals surface area contributed by atoms with Crippen molar-refractivity contribution in [1.82, 2.24) is 4.98 Å². The summed E-state index contributed by atoms with van der Waals surface area (Å²) >= 11 is 0. The Labute approximate surface area is 132 Å². The fourth-order valence-electron chi connectivity index (χ4n) is 2.26. The molecule has 0 fully saturated rings. The number of fused-ring (bicyclic) bond motifs is 1. The first kappa shape index (κ1) is 14.5. The van der Waals surface area contributed by atoms with Crippen molar-refractivity contribution < 1.29 is 14.3 Å². The lowest BCUT2D eigenvalue weighted by Gasteiger charge is -2.01. The van der Waals surface area contributed by atoms with Gasteiger partial charge in [0.15, 0.2) is 5.58 Å². The average molecular weight is 304 g/mol. The highest BCUT2D eigenvalue weighted by Gasteiger charge is 2.14. The van der Waals surface area contributed by atoms with E-state index in [-0.39, 0.29) is 12.3 Å². The Morgan fingerprint density at radius 2 is 2.09 bits per heavy atom. The third-order valence-electron chi connectivity index (χ3n) is 3.27. The Morgan fingerprint density at radius 3 is 2.83 bits per heavy atom. The molecule has 0 saturated carbocycles. The molecular formula is C18H12N2O3. The SMILES string of the molecule is N#Cc1cccc(C=C(CC(=O)O)c2nc3ccccc3o2)c1. The highest BCUT2D eigenvalue weighted by molar-refractivity contribution is 5.91. The van der Waals surface area contributed by atoms with Crippen LogP contribution in [0.25, 0.3) is 22.7 Å². The molecule has 1 N–H and O–H groups in total. The third kappa shape index (κ3) is 3.27. The number of para-hydroxylation sites is 2. The molecule has 0 aliphatic rings. The summed E-state index contributed by atoms with van der Waals surface area (Å²) in [5.41, 5.74) is 2.95. The smallest absolute Gasteiger partial charge is 0.308 e. The minimum Gasteiger partial charge on any atom is -0.481 e. The first-order chi connectivity index (χ1) is 11.2. The zero-order chi connectivity index (χ0) is 16.2. The van der Waals surface area contributed by atoms with Gasteiger partial charge in [-0.25, -0.2) is 4.98 Å². The molecule has 0 atom stereocenters. The van der Waals surface area contributed by atoms with Gasteiger partial charge in [-0.3, -0.25) is 4.79 Å². The molecule has 5 heteroatoms. The molecule has 0 unspecified atom stereocenters. The number of carboxylic acids is 1. The molecule has 1 heterocycles. The van der Waals surface area contributed by atoms with Crippen molar-refractivity contribution in [2.75, 3.05) is 0 Å². The van der Waals surface area contributed by atoms with E-state index >= 15 is 0 Å². The Kier molecular flexibility index (Phi) is 3.89. The van der Waals surface area contributed by atoms with Crippen molar-refractivity contribution in [3.05, 3.63) is 65.5 Å². The lowest BCUT2D eigenvalue weighted by Crippen LogP contribution is -1.97. The molecule has 0 spiro atoms. The Bertz CT molecular complexity index is 915. The van der Waals surface area contributed by atoms with Gasteiger partial charge in [0, 0.05) is 5.57 Å². The Morgan fingerprint density at radius 1 is 1.26 bits per heavy atom. The van der Waals surface area contributed by atoms with Crippen LogP contribution in [0.15, 0.2) is 52.9 Å². The normalized spacial score (nSPS) is 11.3. The largest absolute Gasteiger partial charge is 0.481 e. The molecule has 1 aromatic heterocycles. The van der Waals surface area contributed by atoms with Gasteiger partial charge in [-0.1, -0.05) is 24.3 Å². The van der Waals surface area contributed by atoms with Gasteiger partial charge in [0.05, 0.1) is 18.1 Å². The lowest BCUT2D eigenvalue weighted by molar-refractivity contribution is -0.135. The number of nitrogens with zero attached hydrogens (tertiary/aromatic N) is 2. The summed E-state index contributed by atoms with van der Waals surface area (Å²) < 4.78 is 5.65. The number of carbonyl (C=O) groups is 1. The summed E-state index contributed by atoms with van der Waals surface area (Å²) in [5, 5.41) is 18.1. The topological polar surface area (TPSA) is 87.1 Å². The van der Waals surface area contributed by atoms with Crippen molar-refractivity contribution in [3.63, 3.8) is 0 Å². The summed E-state index contributed by atoms with van der Waals surface area (Å²) in [6.45, 7) is 0. The highest BCUT2D eigenvalue weighted by atomic mass is 16.4. The summed E-state index contributed by atoms with van der Waals surface area (Å²) in [5.74, 6) is -0.703. The zero-order valence-corrected chi connectivity index (χ0v) is 12.1. The minimum atomic E-state index is -0.977. The van der Waals surface area contributed by atoms with Crippen LogP contribution in [-0.4, -0.2) is 16.1 Å². The van der Waals surface area contributed by atoms with Gasteiger partial charge < -0.3 is 9.52 Å². The number of nitriles is 1. The number of rotatable bonds is 4. The number of aromatic nitrogens is 1. The van der Waals surface area contributed by atoms with Crippen LogP contribution >= 0.6 is 0 Å². The molecule has 0 radical (unpaired) electrons. The van der Waals surface area contributed by atoms with Crippen LogP contribution in [-0.2, 0) is 4.79 Å². The fourth-order valence-corrected chi connectivity index (χ4v) is 2.26. The monoisotopic (exact) mass is 304 g/mol. The van der Waals surface area contributed by atoms with Gasteiger partial charge in [-0.15, -0.1) is 0 Å². The lowest BCUT2D eigenvalue weighted by atomic mass is 10.1. The number of benzene rings is 2. The number of carboxylic acid groups (broad SMARTS) is 1. The van der Waals surface area contributed by atoms with Crippen LogP contribution < -0.4 is 0 Å². The van der Waals surface area contributed by atoms with Crippen LogP contribution in [0.2, 0.25) is 0 Å². The van der Waals surface area contributed by atoms with Crippen molar-refractivity contribution in [3.8, 4) is 6.07 Å². The van der Waals surface area contributed by atoms with Gasteiger partial charge in [-0.05, 0) is 35.9 Å². The fraction of sp³-hybridized carbons (Fsp3) is 0.0556. The summed E-state index contributed by atoms with van der Waals surface area (Å²) in [7, 11) is 0. The van der Waals surface area contributed by atoms with E-state index in [1.54, 1.807) is 42.5 Å². The first-order valence-electron chi connectivity index (χ1n) is 6.94. The van der Waals surface area contributed by atoms with Gasteiger partial charge in [-0.2, -0.15) is 5.26 Å². The van der Waals surface area contributed by atoms with Gasteiger partial charge in [0.1, 0.15) is 5.52 Å². The van der Waals surface area contributed by atoms with Crippen molar-refractivity contribution >= 4 is 28.7 Å². The summed E-state index contributed by atoms with van der Waals surface area (Å²) in [6.07, 6.45) is 1.46. The van der Waals surface area contributed by atoms with E-state index in [0.29, 0.717) is 22.2 Å². The standard InChI is InChI=1S/C18H12N2O3/c19-11-13-5-3-4-12(8-13)9-14(10-17(21)22)18-20-15-6-1-2-7-16(15)23-18/h1-9H,10H2,(H,21,22). The third-order valence-corrected chi connectivity index (χ3v) is 3.27. The first-order valence-corrected chi connectivity index (χ1v) is 6.94. The van der Waals surface area contributed by atoms with Gasteiger partial charge in [0.25, 0.3) is 0 Å². The van der Waals surface area contributed by atoms with Crippen molar-refractivity contribution in [2.24, 2.45) is 0 Å². The van der Waals surface area contributed by atoms with Gasteiger partial charge in [0.2, 0.25) is 5.89 Å². The quantitative estimate of drug-likeness (QED) is 0.793. The predicted molar refractivity (Wildman–Crippen MR) is 85.3 cm³/mol. The van der Waals surface area contributed by atoms with Crippen molar-refractivity contribution in [2.45, 2.75) is 6.42 Å². The van der Waals surface area contributed by atoms with E-state index in [0.717, 1.165) is 5.56 Å². The number of aliphatic carboxylic acids is 1. The zero-order valence-electron chi connectivity index (χ0n) is 12.1. The maximum Gasteiger partial charge on any atom is 0.308 e. The molecule has 23 heavy (non-hydrogen) atoms. The molecule has 0 saturated heterocycles. The number of hydrogen-bond acceptors (Lipinski definition) is 4. The van der Waals surface area contributed by atoms with Crippen LogP contribution in [0.3, 0.4) is 0 Å². The molecule has 2 aromatic carbocycles. The molecule has 5 nitrogen and oxygen atoms in total. The molecular weight excluding hydrogens is 292 g/mol. The number of oxazole rings is 1. The minimum absolute atomic E-state index is 0.219. The molecule has 0 bridgehead atoms. The van der Waals surface area contributed by atoms with E-state index in [1.807, 2.05) is 12.1 Å². The average Bonchev–Trinajstić information content (AvgIpc) is 2.98. The Balaban J connectivity index is 2.08. The summed E-state index contributed by atoms with van der Waals surface area (Å²) in [4.78, 5) is 15.5. The second-order valence-electron chi connectivity index (χ2n) is 4.96. The maximum atomic E-state index is 11.1. The van der Waals surface area contributed by atoms with Crippen LogP contribution in [0.4, 0.5) is 0 Å². The molecule has 0 amide bonds. The summed E-state index contributed by atoms with van der Waals surface area (Å²) in [6, 6.07) is 16.2. The van der Waals surface area contributed by atoms with Crippen molar-refractivity contribution in [1.29, 1.82) is 5.26 Å². The van der Waals surface area contributed by atoms with E-state index in [1.165, 1.54) is 0 Å². The number of hydrogen-bond donors (Lipinski definition) is 1. The molecule has 0 aliphatic carbocycles. The van der Waals surface area contributed by atoms with Gasteiger partial charge >= 0.3 is 5.97 Å². The molecule has 3 aromatic rings. The van der Waals surface area contributed by atoms with E-state index in [4.69, 9.17) is 14.8 Å². The highest BCUT2D eigenvalue weighted by Crippen LogP contribution is 2.25. The van der Waals surface area contributed by atoms with Crippen LogP contribution in [0.5, 0.6) is 0 Å². The van der Waals surface area contributed by atoms with E-state index in [9.17, 15) is 4.79 Å². The van der Waals surface area contributed by atoms with Crippen LogP contribution in [0.1, 0.15) is 23.4 Å². The maximum absolute atomic E-state index is 11.1. The Hall–Kier alpha value is -3.39. The predicted octanol–water partition coefficient (Wildman–Crippen LogP) is 3.71. The molecule has 0 aliphatic heterocycles. The second-order valence-corrected chi connectivity index (χ2v) is 4.96. The molecule has 3 rings (SSSR count). The van der Waals surface area contributed by atoms with E-state index in [2.05, 4.69) is 11.1 Å².